The van der Waals surface area contributed by atoms with Crippen molar-refractivity contribution in [1.82, 2.24) is 0 Å². The van der Waals surface area contributed by atoms with Crippen LogP contribution in [0, 0.1) is 0 Å². The topological polar surface area (TPSA) is 65.1 Å². The first-order valence-corrected chi connectivity index (χ1v) is 9.51. The maximum atomic E-state index is 12.5. The number of carbonyl (C=O) groups excluding carboxylic acids is 2. The largest absolute Gasteiger partial charge is 0.485 e. The summed E-state index contributed by atoms with van der Waals surface area (Å²) in [5.74, 6) is 0.177. The number of fused-ring (bicyclic) bond motifs is 2. The Kier molecular flexibility index (Phi) is 4.78. The van der Waals surface area contributed by atoms with E-state index in [4.69, 9.17) is 14.2 Å². The van der Waals surface area contributed by atoms with E-state index in [1.165, 1.54) is 0 Å². The van der Waals surface area contributed by atoms with E-state index in [1.807, 2.05) is 36.2 Å². The molecular formula is C23H23NO5. The van der Waals surface area contributed by atoms with Crippen molar-refractivity contribution in [2.24, 2.45) is 0 Å². The van der Waals surface area contributed by atoms with Crippen molar-refractivity contribution >= 4 is 17.4 Å². The number of ether oxygens (including phenoxy) is 3. The van der Waals surface area contributed by atoms with Crippen LogP contribution in [0.2, 0.25) is 0 Å². The fourth-order valence-electron chi connectivity index (χ4n) is 3.82. The summed E-state index contributed by atoms with van der Waals surface area (Å²) in [4.78, 5) is 26.8. The first-order chi connectivity index (χ1) is 13.9. The normalized spacial score (nSPS) is 20.3. The minimum absolute atomic E-state index is 0.0518. The molecule has 6 nitrogen and oxygen atoms in total. The molecular weight excluding hydrogens is 370 g/mol. The van der Waals surface area contributed by atoms with Crippen molar-refractivity contribution < 1.29 is 23.8 Å². The third-order valence-corrected chi connectivity index (χ3v) is 5.37. The van der Waals surface area contributed by atoms with Crippen LogP contribution in [0.3, 0.4) is 0 Å². The standard InChI is InChI=1S/C23H23NO5/c1-23(2)16-8-4-5-9-17(16)24(3)21(23)12-15(25)13-28-22(26)20-14-27-18-10-6-7-11-19(18)29-20/h4-12,20H,13-14H2,1-3H3/b21-12+/t20-/m1/s1. The van der Waals surface area contributed by atoms with Gasteiger partial charge in [0.2, 0.25) is 6.10 Å². The summed E-state index contributed by atoms with van der Waals surface area (Å²) < 4.78 is 16.3. The molecule has 0 aliphatic carbocycles. The summed E-state index contributed by atoms with van der Waals surface area (Å²) in [6.45, 7) is 3.86. The highest BCUT2D eigenvalue weighted by Gasteiger charge is 2.38. The van der Waals surface area contributed by atoms with Crippen molar-refractivity contribution in [2.45, 2.75) is 25.4 Å². The summed E-state index contributed by atoms with van der Waals surface area (Å²) in [6.07, 6.45) is 0.668. The number of benzene rings is 2. The lowest BCUT2D eigenvalue weighted by Crippen LogP contribution is -2.38. The zero-order chi connectivity index (χ0) is 20.6. The molecule has 1 atom stereocenters. The molecule has 0 saturated carbocycles. The smallest absolute Gasteiger partial charge is 0.351 e. The number of nitrogens with zero attached hydrogens (tertiary/aromatic N) is 1. The minimum atomic E-state index is -0.889. The Morgan fingerprint density at radius 2 is 1.83 bits per heavy atom. The second kappa shape index (κ2) is 7.28. The molecule has 0 aromatic heterocycles. The lowest BCUT2D eigenvalue weighted by atomic mass is 9.83. The first-order valence-electron chi connectivity index (χ1n) is 9.51. The van der Waals surface area contributed by atoms with E-state index in [-0.39, 0.29) is 24.4 Å². The summed E-state index contributed by atoms with van der Waals surface area (Å²) >= 11 is 0. The van der Waals surface area contributed by atoms with Gasteiger partial charge in [0.25, 0.3) is 0 Å². The molecule has 0 unspecified atom stereocenters. The minimum Gasteiger partial charge on any atom is -0.485 e. The number of hydrogen-bond acceptors (Lipinski definition) is 6. The van der Waals surface area contributed by atoms with Crippen LogP contribution in [-0.2, 0) is 19.7 Å². The molecule has 0 saturated heterocycles. The lowest BCUT2D eigenvalue weighted by Gasteiger charge is -2.25. The van der Waals surface area contributed by atoms with Gasteiger partial charge in [-0.2, -0.15) is 0 Å². The molecule has 2 aromatic carbocycles. The second-order valence-corrected chi connectivity index (χ2v) is 7.67. The highest BCUT2D eigenvalue weighted by Crippen LogP contribution is 2.46. The number of esters is 1. The molecule has 4 rings (SSSR count). The Morgan fingerprint density at radius 1 is 1.14 bits per heavy atom. The van der Waals surface area contributed by atoms with Crippen LogP contribution in [0.5, 0.6) is 11.5 Å². The molecule has 2 aliphatic rings. The summed E-state index contributed by atoms with van der Waals surface area (Å²) in [6, 6.07) is 15.2. The van der Waals surface area contributed by atoms with Crippen molar-refractivity contribution in [3.8, 4) is 11.5 Å². The maximum Gasteiger partial charge on any atom is 0.351 e. The predicted octanol–water partition coefficient (Wildman–Crippen LogP) is 3.25. The van der Waals surface area contributed by atoms with Gasteiger partial charge in [-0.05, 0) is 23.8 Å². The molecule has 150 valence electrons. The van der Waals surface area contributed by atoms with Gasteiger partial charge >= 0.3 is 5.97 Å². The van der Waals surface area contributed by atoms with Crippen LogP contribution in [0.4, 0.5) is 5.69 Å². The molecule has 6 heteroatoms. The fraction of sp³-hybridized carbons (Fsp3) is 0.304. The Balaban J connectivity index is 1.40. The average Bonchev–Trinajstić information content (AvgIpc) is 2.92. The summed E-state index contributed by atoms with van der Waals surface area (Å²) in [5.41, 5.74) is 2.78. The molecule has 0 spiro atoms. The number of carbonyl (C=O) groups is 2. The monoisotopic (exact) mass is 393 g/mol. The molecule has 2 heterocycles. The van der Waals surface area contributed by atoms with E-state index in [0.29, 0.717) is 11.5 Å². The van der Waals surface area contributed by atoms with E-state index in [0.717, 1.165) is 16.9 Å². The van der Waals surface area contributed by atoms with Gasteiger partial charge in [-0.3, -0.25) is 4.79 Å². The SMILES string of the molecule is CN1/C(=C/C(=O)COC(=O)[C@H]2COc3ccccc3O2)C(C)(C)c2ccccc21. The van der Waals surface area contributed by atoms with Gasteiger partial charge in [0.1, 0.15) is 6.61 Å². The number of likely N-dealkylation sites (N-methyl/N-ethyl adjacent to an activating group) is 1. The highest BCUT2D eigenvalue weighted by atomic mass is 16.6. The van der Waals surface area contributed by atoms with E-state index in [1.54, 1.807) is 24.3 Å². The van der Waals surface area contributed by atoms with Crippen molar-refractivity contribution in [1.29, 1.82) is 0 Å². The number of allylic oxidation sites excluding steroid dienone is 1. The molecule has 0 bridgehead atoms. The lowest BCUT2D eigenvalue weighted by molar-refractivity contribution is -0.156. The quantitative estimate of drug-likeness (QED) is 0.587. The van der Waals surface area contributed by atoms with E-state index >= 15 is 0 Å². The zero-order valence-electron chi connectivity index (χ0n) is 16.7. The van der Waals surface area contributed by atoms with E-state index in [2.05, 4.69) is 19.9 Å². The van der Waals surface area contributed by atoms with Crippen LogP contribution >= 0.6 is 0 Å². The molecule has 0 radical (unpaired) electrons. The zero-order valence-corrected chi connectivity index (χ0v) is 16.7. The molecule has 2 aliphatic heterocycles. The number of ketones is 1. The number of rotatable bonds is 4. The molecule has 2 aromatic rings. The van der Waals surface area contributed by atoms with Gasteiger partial charge in [-0.15, -0.1) is 0 Å². The Hall–Kier alpha value is -3.28. The summed E-state index contributed by atoms with van der Waals surface area (Å²) in [7, 11) is 1.93. The Morgan fingerprint density at radius 3 is 2.59 bits per heavy atom. The van der Waals surface area contributed by atoms with Gasteiger partial charge in [-0.25, -0.2) is 4.79 Å². The first kappa shape index (κ1) is 19.1. The van der Waals surface area contributed by atoms with Crippen molar-refractivity contribution in [2.75, 3.05) is 25.2 Å². The van der Waals surface area contributed by atoms with Gasteiger partial charge in [-0.1, -0.05) is 44.2 Å². The number of hydrogen-bond donors (Lipinski definition) is 0. The van der Waals surface area contributed by atoms with Crippen LogP contribution in [0.25, 0.3) is 0 Å². The summed E-state index contributed by atoms with van der Waals surface area (Å²) in [5, 5.41) is 0. The van der Waals surface area contributed by atoms with E-state index in [9.17, 15) is 9.59 Å². The third kappa shape index (κ3) is 3.46. The van der Waals surface area contributed by atoms with Crippen LogP contribution in [0.1, 0.15) is 19.4 Å². The number of para-hydroxylation sites is 3. The fourth-order valence-corrected chi connectivity index (χ4v) is 3.82. The third-order valence-electron chi connectivity index (χ3n) is 5.37. The molecule has 0 fully saturated rings. The molecule has 29 heavy (non-hydrogen) atoms. The van der Waals surface area contributed by atoms with Gasteiger partial charge in [0.15, 0.2) is 23.9 Å². The predicted molar refractivity (Wildman–Crippen MR) is 108 cm³/mol. The van der Waals surface area contributed by atoms with Crippen LogP contribution in [0.15, 0.2) is 60.3 Å². The van der Waals surface area contributed by atoms with Gasteiger partial charge < -0.3 is 19.1 Å². The van der Waals surface area contributed by atoms with Crippen LogP contribution in [-0.4, -0.2) is 38.1 Å². The average molecular weight is 393 g/mol. The molecule has 0 amide bonds. The second-order valence-electron chi connectivity index (χ2n) is 7.67. The molecule has 0 N–H and O–H groups in total. The van der Waals surface area contributed by atoms with Gasteiger partial charge in [0.05, 0.1) is 0 Å². The van der Waals surface area contributed by atoms with E-state index < -0.39 is 12.1 Å². The van der Waals surface area contributed by atoms with Gasteiger partial charge in [0, 0.05) is 29.9 Å². The maximum absolute atomic E-state index is 12.5. The Bertz CT molecular complexity index is 994. The highest BCUT2D eigenvalue weighted by molar-refractivity contribution is 5.94. The Labute approximate surface area is 169 Å². The number of anilines is 1. The van der Waals surface area contributed by atoms with Crippen LogP contribution < -0.4 is 14.4 Å². The van der Waals surface area contributed by atoms with Crippen molar-refractivity contribution in [3.05, 3.63) is 65.9 Å². The van der Waals surface area contributed by atoms with Crippen molar-refractivity contribution in [3.63, 3.8) is 0 Å².